The van der Waals surface area contributed by atoms with E-state index in [9.17, 15) is 5.11 Å². The number of nitrogens with zero attached hydrogens (tertiary/aromatic N) is 1. The fourth-order valence-corrected chi connectivity index (χ4v) is 2.56. The van der Waals surface area contributed by atoms with Crippen LogP contribution < -0.4 is 5.32 Å². The maximum atomic E-state index is 9.55. The minimum absolute atomic E-state index is 0. The molecule has 1 atom stereocenters. The molecule has 17 heavy (non-hydrogen) atoms. The monoisotopic (exact) mass is 320 g/mol. The van der Waals surface area contributed by atoms with Crippen LogP contribution in [0.3, 0.4) is 0 Å². The molecule has 1 aromatic rings. The van der Waals surface area contributed by atoms with Crippen LogP contribution in [0.5, 0.6) is 0 Å². The first-order valence-corrected chi connectivity index (χ1v) is 6.41. The quantitative estimate of drug-likeness (QED) is 0.891. The summed E-state index contributed by atoms with van der Waals surface area (Å²) in [7, 11) is 0. The van der Waals surface area contributed by atoms with Gasteiger partial charge in [-0.1, -0.05) is 28.1 Å². The van der Waals surface area contributed by atoms with Crippen LogP contribution in [-0.4, -0.2) is 42.8 Å². The zero-order valence-electron chi connectivity index (χ0n) is 9.60. The lowest BCUT2D eigenvalue weighted by Crippen LogP contribution is -2.46. The second kappa shape index (κ2) is 7.34. The highest BCUT2D eigenvalue weighted by atomic mass is 79.9. The number of rotatable bonds is 3. The van der Waals surface area contributed by atoms with Crippen molar-refractivity contribution in [2.75, 3.05) is 32.8 Å². The molecular formula is C12H18BrClN2O. The molecule has 0 bridgehead atoms. The summed E-state index contributed by atoms with van der Waals surface area (Å²) in [6.45, 7) is 4.18. The standard InChI is InChI=1S/C12H17BrN2O.ClH/c13-11-3-1-2-10(8-11)12(9-16)15-6-4-14-5-7-15;/h1-3,8,12,14,16H,4-7,9H2;1H/t12-;/m0./s1. The predicted octanol–water partition coefficient (Wildman–Crippen LogP) is 1.81. The Labute approximate surface area is 117 Å². The number of hydrogen-bond acceptors (Lipinski definition) is 3. The molecule has 1 fully saturated rings. The molecule has 0 aromatic heterocycles. The van der Waals surface area contributed by atoms with Crippen molar-refractivity contribution in [3.05, 3.63) is 34.3 Å². The normalized spacial score (nSPS) is 18.5. The van der Waals surface area contributed by atoms with Crippen LogP contribution in [0.4, 0.5) is 0 Å². The molecule has 0 saturated carbocycles. The van der Waals surface area contributed by atoms with Gasteiger partial charge in [0, 0.05) is 30.7 Å². The highest BCUT2D eigenvalue weighted by Gasteiger charge is 2.21. The van der Waals surface area contributed by atoms with E-state index < -0.39 is 0 Å². The van der Waals surface area contributed by atoms with Crippen molar-refractivity contribution < 1.29 is 5.11 Å². The predicted molar refractivity (Wildman–Crippen MR) is 75.7 cm³/mol. The number of benzene rings is 1. The molecule has 0 spiro atoms. The van der Waals surface area contributed by atoms with E-state index in [2.05, 4.69) is 38.3 Å². The fourth-order valence-electron chi connectivity index (χ4n) is 2.14. The van der Waals surface area contributed by atoms with E-state index in [0.717, 1.165) is 30.7 Å². The van der Waals surface area contributed by atoms with Crippen LogP contribution in [-0.2, 0) is 0 Å². The Bertz CT molecular complexity index is 345. The molecule has 1 aromatic carbocycles. The van der Waals surface area contributed by atoms with E-state index in [-0.39, 0.29) is 25.1 Å². The summed E-state index contributed by atoms with van der Waals surface area (Å²) in [5, 5.41) is 12.9. The Hall–Kier alpha value is -0.130. The SMILES string of the molecule is Cl.OC[C@@H](c1cccc(Br)c1)N1CCNCC1. The van der Waals surface area contributed by atoms with E-state index in [1.165, 1.54) is 5.56 Å². The average Bonchev–Trinajstić information content (AvgIpc) is 2.31. The molecule has 0 aliphatic carbocycles. The van der Waals surface area contributed by atoms with Crippen LogP contribution in [0.15, 0.2) is 28.7 Å². The molecular weight excluding hydrogens is 304 g/mol. The molecule has 0 unspecified atom stereocenters. The minimum atomic E-state index is 0. The van der Waals surface area contributed by atoms with Crippen molar-refractivity contribution in [2.24, 2.45) is 0 Å². The summed E-state index contributed by atoms with van der Waals surface area (Å²) in [5.74, 6) is 0. The molecule has 1 saturated heterocycles. The Morgan fingerprint density at radius 2 is 2.06 bits per heavy atom. The number of piperazine rings is 1. The van der Waals surface area contributed by atoms with Crippen LogP contribution in [0.2, 0.25) is 0 Å². The lowest BCUT2D eigenvalue weighted by molar-refractivity contribution is 0.111. The molecule has 1 aliphatic rings. The molecule has 1 aliphatic heterocycles. The van der Waals surface area contributed by atoms with Crippen molar-refractivity contribution in [2.45, 2.75) is 6.04 Å². The maximum Gasteiger partial charge on any atom is 0.0628 e. The summed E-state index contributed by atoms with van der Waals surface area (Å²) in [6, 6.07) is 8.32. The Morgan fingerprint density at radius 3 is 2.65 bits per heavy atom. The van der Waals surface area contributed by atoms with Gasteiger partial charge in [0.15, 0.2) is 0 Å². The first-order chi connectivity index (χ1) is 7.81. The smallest absolute Gasteiger partial charge is 0.0628 e. The van der Waals surface area contributed by atoms with Crippen LogP contribution in [0, 0.1) is 0 Å². The second-order valence-electron chi connectivity index (χ2n) is 4.04. The topological polar surface area (TPSA) is 35.5 Å². The number of nitrogens with one attached hydrogen (secondary N) is 1. The molecule has 1 heterocycles. The molecule has 0 radical (unpaired) electrons. The van der Waals surface area contributed by atoms with Gasteiger partial charge < -0.3 is 10.4 Å². The van der Waals surface area contributed by atoms with Gasteiger partial charge >= 0.3 is 0 Å². The largest absolute Gasteiger partial charge is 0.394 e. The van der Waals surface area contributed by atoms with E-state index >= 15 is 0 Å². The number of aliphatic hydroxyl groups is 1. The van der Waals surface area contributed by atoms with Crippen molar-refractivity contribution in [1.82, 2.24) is 10.2 Å². The maximum absolute atomic E-state index is 9.55. The summed E-state index contributed by atoms with van der Waals surface area (Å²) < 4.78 is 1.07. The van der Waals surface area contributed by atoms with Gasteiger partial charge in [-0.2, -0.15) is 0 Å². The molecule has 96 valence electrons. The van der Waals surface area contributed by atoms with Crippen LogP contribution in [0.25, 0.3) is 0 Å². The third-order valence-electron chi connectivity index (χ3n) is 3.00. The zero-order valence-corrected chi connectivity index (χ0v) is 12.0. The number of aliphatic hydroxyl groups excluding tert-OH is 1. The van der Waals surface area contributed by atoms with E-state index in [0.29, 0.717) is 0 Å². The van der Waals surface area contributed by atoms with Gasteiger partial charge in [0.1, 0.15) is 0 Å². The minimum Gasteiger partial charge on any atom is -0.394 e. The second-order valence-corrected chi connectivity index (χ2v) is 4.96. The Morgan fingerprint density at radius 1 is 1.35 bits per heavy atom. The summed E-state index contributed by atoms with van der Waals surface area (Å²) >= 11 is 3.47. The first-order valence-electron chi connectivity index (χ1n) is 5.62. The lowest BCUT2D eigenvalue weighted by Gasteiger charge is -2.34. The van der Waals surface area contributed by atoms with Gasteiger partial charge in [0.2, 0.25) is 0 Å². The molecule has 2 rings (SSSR count). The zero-order chi connectivity index (χ0) is 11.4. The highest BCUT2D eigenvalue weighted by Crippen LogP contribution is 2.23. The third-order valence-corrected chi connectivity index (χ3v) is 3.49. The van der Waals surface area contributed by atoms with Crippen LogP contribution >= 0.6 is 28.3 Å². The average molecular weight is 322 g/mol. The first kappa shape index (κ1) is 14.9. The summed E-state index contributed by atoms with van der Waals surface area (Å²) in [6.07, 6.45) is 0. The van der Waals surface area contributed by atoms with E-state index in [1.807, 2.05) is 12.1 Å². The van der Waals surface area contributed by atoms with E-state index in [4.69, 9.17) is 0 Å². The van der Waals surface area contributed by atoms with Gasteiger partial charge in [-0.15, -0.1) is 12.4 Å². The number of halogens is 2. The molecule has 2 N–H and O–H groups in total. The van der Waals surface area contributed by atoms with Crippen molar-refractivity contribution in [1.29, 1.82) is 0 Å². The Balaban J connectivity index is 0.00000144. The van der Waals surface area contributed by atoms with E-state index in [1.54, 1.807) is 0 Å². The summed E-state index contributed by atoms with van der Waals surface area (Å²) in [5.41, 5.74) is 1.18. The summed E-state index contributed by atoms with van der Waals surface area (Å²) in [4.78, 5) is 2.33. The lowest BCUT2D eigenvalue weighted by atomic mass is 10.1. The van der Waals surface area contributed by atoms with Gasteiger partial charge in [-0.25, -0.2) is 0 Å². The van der Waals surface area contributed by atoms with Crippen molar-refractivity contribution in [3.63, 3.8) is 0 Å². The fraction of sp³-hybridized carbons (Fsp3) is 0.500. The molecule has 5 heteroatoms. The van der Waals surface area contributed by atoms with Crippen molar-refractivity contribution >= 4 is 28.3 Å². The number of hydrogen-bond donors (Lipinski definition) is 2. The van der Waals surface area contributed by atoms with Gasteiger partial charge in [0.05, 0.1) is 12.6 Å². The van der Waals surface area contributed by atoms with Crippen LogP contribution in [0.1, 0.15) is 11.6 Å². The van der Waals surface area contributed by atoms with Gasteiger partial charge in [-0.3, -0.25) is 4.90 Å². The molecule has 3 nitrogen and oxygen atoms in total. The van der Waals surface area contributed by atoms with Crippen molar-refractivity contribution in [3.8, 4) is 0 Å². The molecule has 0 amide bonds. The Kier molecular flexibility index (Phi) is 6.44. The van der Waals surface area contributed by atoms with Gasteiger partial charge in [0.25, 0.3) is 0 Å². The van der Waals surface area contributed by atoms with Gasteiger partial charge in [-0.05, 0) is 17.7 Å². The third kappa shape index (κ3) is 3.93. The highest BCUT2D eigenvalue weighted by molar-refractivity contribution is 9.10.